The van der Waals surface area contributed by atoms with Gasteiger partial charge in [0.2, 0.25) is 5.88 Å². The van der Waals surface area contributed by atoms with Crippen molar-refractivity contribution in [2.45, 2.75) is 6.61 Å². The summed E-state index contributed by atoms with van der Waals surface area (Å²) in [7, 11) is -0.0584. The van der Waals surface area contributed by atoms with Gasteiger partial charge >= 0.3 is 7.48 Å². The van der Waals surface area contributed by atoms with Gasteiger partial charge in [-0.05, 0) is 41.9 Å². The van der Waals surface area contributed by atoms with E-state index in [9.17, 15) is 9.18 Å². The second-order valence-electron chi connectivity index (χ2n) is 5.45. The van der Waals surface area contributed by atoms with E-state index in [2.05, 4.69) is 15.3 Å². The average Bonchev–Trinajstić information content (AvgIpc) is 2.69. The number of hydrogen-bond donors (Lipinski definition) is 2. The van der Waals surface area contributed by atoms with Crippen LogP contribution in [-0.2, 0) is 6.61 Å². The number of carbonyl (C=O) groups is 1. The molecule has 2 heterocycles. The minimum atomic E-state index is -0.369. The molecule has 6 nitrogen and oxygen atoms in total. The van der Waals surface area contributed by atoms with Crippen molar-refractivity contribution in [3.63, 3.8) is 0 Å². The summed E-state index contributed by atoms with van der Waals surface area (Å²) in [5.74, 6) is -0.361. The molecule has 0 saturated carbocycles. The molecular weight excluding hydrogens is 336 g/mol. The maximum Gasteiger partial charge on any atom is 0.306 e. The third kappa shape index (κ3) is 4.64. The number of benzene rings is 1. The Bertz CT molecular complexity index is 872. The summed E-state index contributed by atoms with van der Waals surface area (Å²) in [5, 5.41) is 11.6. The van der Waals surface area contributed by atoms with Gasteiger partial charge in [-0.3, -0.25) is 9.78 Å². The average molecular weight is 351 g/mol. The molecular formula is C18H15BFN3O3. The number of hydrogen-bond acceptors (Lipinski definition) is 5. The molecule has 0 aliphatic heterocycles. The minimum absolute atomic E-state index is 0.0584. The fraction of sp³-hybridized carbons (Fsp3) is 0.0556. The van der Waals surface area contributed by atoms with Gasteiger partial charge in [0.1, 0.15) is 12.4 Å². The number of anilines is 1. The van der Waals surface area contributed by atoms with Crippen LogP contribution in [-0.4, -0.2) is 28.4 Å². The number of amides is 1. The summed E-state index contributed by atoms with van der Waals surface area (Å²) in [5.41, 5.74) is 2.27. The van der Waals surface area contributed by atoms with Crippen LogP contribution >= 0.6 is 0 Å². The monoisotopic (exact) mass is 351 g/mol. The molecule has 8 heteroatoms. The van der Waals surface area contributed by atoms with Crippen LogP contribution in [0.5, 0.6) is 5.88 Å². The second-order valence-corrected chi connectivity index (χ2v) is 5.45. The van der Waals surface area contributed by atoms with E-state index < -0.39 is 0 Å². The number of aromatic nitrogens is 2. The summed E-state index contributed by atoms with van der Waals surface area (Å²) in [6.45, 7) is 0.222. The fourth-order valence-electron chi connectivity index (χ4n) is 2.12. The summed E-state index contributed by atoms with van der Waals surface area (Å²) in [4.78, 5) is 20.4. The lowest BCUT2D eigenvalue weighted by atomic mass is 9.91. The molecule has 0 fully saturated rings. The summed E-state index contributed by atoms with van der Waals surface area (Å²) < 4.78 is 18.4. The normalized spacial score (nSPS) is 10.2. The van der Waals surface area contributed by atoms with E-state index in [-0.39, 0.29) is 25.8 Å². The lowest BCUT2D eigenvalue weighted by Crippen LogP contribution is -2.14. The Labute approximate surface area is 150 Å². The van der Waals surface area contributed by atoms with Gasteiger partial charge in [0.15, 0.2) is 0 Å². The summed E-state index contributed by atoms with van der Waals surface area (Å²) in [6.07, 6.45) is 2.98. The minimum Gasteiger partial charge on any atom is -0.471 e. The number of nitrogens with one attached hydrogen (secondary N) is 1. The third-order valence-corrected chi connectivity index (χ3v) is 3.54. The summed E-state index contributed by atoms with van der Waals surface area (Å²) >= 11 is 0. The molecule has 26 heavy (non-hydrogen) atoms. The van der Waals surface area contributed by atoms with Crippen molar-refractivity contribution in [3.8, 4) is 5.88 Å². The molecule has 0 spiro atoms. The van der Waals surface area contributed by atoms with E-state index in [1.54, 1.807) is 30.5 Å². The molecule has 1 aromatic carbocycles. The van der Waals surface area contributed by atoms with Crippen molar-refractivity contribution in [2.24, 2.45) is 0 Å². The van der Waals surface area contributed by atoms with Gasteiger partial charge in [-0.25, -0.2) is 9.37 Å². The highest BCUT2D eigenvalue weighted by Crippen LogP contribution is 2.13. The van der Waals surface area contributed by atoms with Crippen molar-refractivity contribution >= 4 is 24.5 Å². The molecule has 3 aromatic rings. The SMILES string of the molecule is O=C(Nc1ccc(F)cc1)c1ccc(OCc2ccc(BO)cn2)nc1. The molecule has 0 aliphatic carbocycles. The largest absolute Gasteiger partial charge is 0.471 e. The molecule has 2 aromatic heterocycles. The van der Waals surface area contributed by atoms with Gasteiger partial charge in [-0.1, -0.05) is 6.07 Å². The molecule has 0 bridgehead atoms. The second kappa shape index (κ2) is 8.22. The van der Waals surface area contributed by atoms with Crippen LogP contribution < -0.4 is 15.5 Å². The van der Waals surface area contributed by atoms with Crippen LogP contribution in [0.3, 0.4) is 0 Å². The van der Waals surface area contributed by atoms with Crippen LogP contribution in [0.1, 0.15) is 16.1 Å². The molecule has 3 rings (SSSR count). The maximum atomic E-state index is 12.9. The van der Waals surface area contributed by atoms with E-state index >= 15 is 0 Å². The van der Waals surface area contributed by atoms with Crippen LogP contribution in [0.4, 0.5) is 10.1 Å². The van der Waals surface area contributed by atoms with E-state index in [1.807, 2.05) is 0 Å². The number of halogens is 1. The third-order valence-electron chi connectivity index (χ3n) is 3.54. The van der Waals surface area contributed by atoms with Crippen LogP contribution in [0.25, 0.3) is 0 Å². The molecule has 0 atom stereocenters. The summed E-state index contributed by atoms with van der Waals surface area (Å²) in [6, 6.07) is 12.2. The van der Waals surface area contributed by atoms with E-state index in [0.717, 1.165) is 5.46 Å². The van der Waals surface area contributed by atoms with Crippen LogP contribution in [0, 0.1) is 5.82 Å². The van der Waals surface area contributed by atoms with Crippen molar-refractivity contribution < 1.29 is 18.9 Å². The number of pyridine rings is 2. The number of carbonyl (C=O) groups excluding carboxylic acids is 1. The zero-order valence-electron chi connectivity index (χ0n) is 13.7. The molecule has 2 N–H and O–H groups in total. The zero-order valence-corrected chi connectivity index (χ0v) is 13.7. The Balaban J connectivity index is 1.56. The highest BCUT2D eigenvalue weighted by atomic mass is 19.1. The molecule has 0 saturated heterocycles. The van der Waals surface area contributed by atoms with Crippen LogP contribution in [0.2, 0.25) is 0 Å². The van der Waals surface area contributed by atoms with E-state index in [4.69, 9.17) is 9.76 Å². The van der Waals surface area contributed by atoms with Crippen molar-refractivity contribution in [2.75, 3.05) is 5.32 Å². The Hall–Kier alpha value is -3.26. The van der Waals surface area contributed by atoms with Crippen molar-refractivity contribution in [3.05, 3.63) is 78.0 Å². The molecule has 1 amide bonds. The number of nitrogens with zero attached hydrogens (tertiary/aromatic N) is 2. The first kappa shape index (κ1) is 17.6. The predicted molar refractivity (Wildman–Crippen MR) is 96.2 cm³/mol. The Morgan fingerprint density at radius 3 is 2.50 bits per heavy atom. The predicted octanol–water partition coefficient (Wildman–Crippen LogP) is 1.42. The van der Waals surface area contributed by atoms with E-state index in [0.29, 0.717) is 22.8 Å². The van der Waals surface area contributed by atoms with Gasteiger partial charge in [-0.15, -0.1) is 0 Å². The Morgan fingerprint density at radius 2 is 1.88 bits per heavy atom. The first-order valence-corrected chi connectivity index (χ1v) is 7.84. The van der Waals surface area contributed by atoms with Gasteiger partial charge in [0, 0.05) is 24.1 Å². The number of ether oxygens (including phenoxy) is 1. The lowest BCUT2D eigenvalue weighted by Gasteiger charge is -2.07. The first-order valence-electron chi connectivity index (χ1n) is 7.84. The van der Waals surface area contributed by atoms with Gasteiger partial charge in [0.05, 0.1) is 11.3 Å². The molecule has 0 unspecified atom stereocenters. The molecule has 0 aliphatic rings. The quantitative estimate of drug-likeness (QED) is 0.656. The fourth-order valence-corrected chi connectivity index (χ4v) is 2.12. The highest BCUT2D eigenvalue weighted by Gasteiger charge is 2.08. The maximum absolute atomic E-state index is 12.9. The Kier molecular flexibility index (Phi) is 5.55. The zero-order chi connectivity index (χ0) is 18.4. The van der Waals surface area contributed by atoms with Gasteiger partial charge < -0.3 is 15.1 Å². The Morgan fingerprint density at radius 1 is 1.08 bits per heavy atom. The number of rotatable bonds is 6. The van der Waals surface area contributed by atoms with Crippen molar-refractivity contribution in [1.82, 2.24) is 9.97 Å². The van der Waals surface area contributed by atoms with Gasteiger partial charge in [-0.2, -0.15) is 0 Å². The van der Waals surface area contributed by atoms with Crippen LogP contribution in [0.15, 0.2) is 60.9 Å². The molecule has 130 valence electrons. The standard InChI is InChI=1S/C18H15BFN3O3/c20-14-3-6-15(7-4-14)23-18(24)12-1-8-17(22-9-12)26-11-16-5-2-13(19-25)10-21-16/h1-10,19,25H,11H2,(H,23,24). The molecule has 0 radical (unpaired) electrons. The van der Waals surface area contributed by atoms with Crippen molar-refractivity contribution in [1.29, 1.82) is 0 Å². The lowest BCUT2D eigenvalue weighted by molar-refractivity contribution is 0.102. The van der Waals surface area contributed by atoms with E-state index in [1.165, 1.54) is 30.5 Å². The topological polar surface area (TPSA) is 84.3 Å². The van der Waals surface area contributed by atoms with Gasteiger partial charge in [0.25, 0.3) is 5.91 Å². The smallest absolute Gasteiger partial charge is 0.306 e. The highest BCUT2D eigenvalue weighted by molar-refractivity contribution is 6.45. The first-order chi connectivity index (χ1) is 12.6.